The van der Waals surface area contributed by atoms with Crippen molar-refractivity contribution in [1.82, 2.24) is 9.88 Å². The van der Waals surface area contributed by atoms with Gasteiger partial charge in [0.05, 0.1) is 16.7 Å². The maximum absolute atomic E-state index is 13.9. The maximum Gasteiger partial charge on any atom is 0.410 e. The zero-order chi connectivity index (χ0) is 23.5. The Morgan fingerprint density at radius 2 is 2.09 bits per heavy atom. The van der Waals surface area contributed by atoms with Crippen LogP contribution < -0.4 is 4.74 Å². The number of hydrogen-bond acceptors (Lipinski definition) is 6. The van der Waals surface area contributed by atoms with Crippen molar-refractivity contribution in [2.24, 2.45) is 0 Å². The third kappa shape index (κ3) is 5.26. The minimum atomic E-state index is -1.14. The van der Waals surface area contributed by atoms with Crippen molar-refractivity contribution in [3.8, 4) is 5.75 Å². The molecule has 0 fully saturated rings. The molecule has 1 aliphatic heterocycles. The minimum absolute atomic E-state index is 0.0145. The van der Waals surface area contributed by atoms with Crippen LogP contribution in [0, 0.1) is 12.7 Å². The lowest BCUT2D eigenvalue weighted by molar-refractivity contribution is -0.139. The van der Waals surface area contributed by atoms with E-state index in [-0.39, 0.29) is 24.7 Å². The van der Waals surface area contributed by atoms with Crippen molar-refractivity contribution < 1.29 is 28.6 Å². The Bertz CT molecular complexity index is 1200. The summed E-state index contributed by atoms with van der Waals surface area (Å²) < 4.78 is 24.9. The monoisotopic (exact) mass is 490 g/mol. The summed E-state index contributed by atoms with van der Waals surface area (Å²) in [4.78, 5) is 30.0. The van der Waals surface area contributed by atoms with Crippen LogP contribution in [0.2, 0.25) is 5.02 Å². The molecule has 7 nitrogen and oxygen atoms in total. The van der Waals surface area contributed by atoms with Gasteiger partial charge >= 0.3 is 12.1 Å². The first-order valence-corrected chi connectivity index (χ1v) is 11.3. The molecule has 172 valence electrons. The second-order valence-electron chi connectivity index (χ2n) is 7.47. The molecule has 0 spiro atoms. The zero-order valence-electron chi connectivity index (χ0n) is 17.6. The molecule has 1 amide bonds. The summed E-state index contributed by atoms with van der Waals surface area (Å²) in [6, 6.07) is 8.41. The molecule has 3 aromatic rings. The number of carboxylic acids is 1. The van der Waals surface area contributed by atoms with E-state index in [1.165, 1.54) is 28.4 Å². The van der Waals surface area contributed by atoms with Crippen molar-refractivity contribution in [1.29, 1.82) is 0 Å². The van der Waals surface area contributed by atoms with Crippen molar-refractivity contribution in [2.75, 3.05) is 13.2 Å². The average molecular weight is 491 g/mol. The van der Waals surface area contributed by atoms with E-state index in [1.807, 2.05) is 12.3 Å². The fourth-order valence-corrected chi connectivity index (χ4v) is 4.60. The van der Waals surface area contributed by atoms with Gasteiger partial charge < -0.3 is 14.6 Å². The molecule has 4 rings (SSSR count). The van der Waals surface area contributed by atoms with E-state index in [0.717, 1.165) is 10.6 Å². The third-order valence-electron chi connectivity index (χ3n) is 5.20. The molecular formula is C23H20ClFN2O5S. The predicted molar refractivity (Wildman–Crippen MR) is 120 cm³/mol. The molecule has 0 saturated heterocycles. The predicted octanol–water partition coefficient (Wildman–Crippen LogP) is 4.99. The Kier molecular flexibility index (Phi) is 6.80. The lowest BCUT2D eigenvalue weighted by Gasteiger charge is -2.37. The number of halogens is 2. The number of carbonyl (C=O) groups is 2. The quantitative estimate of drug-likeness (QED) is 0.523. The number of rotatable bonds is 6. The number of aliphatic carboxylic acids is 1. The van der Waals surface area contributed by atoms with Crippen LogP contribution in [0.25, 0.3) is 0 Å². The zero-order valence-corrected chi connectivity index (χ0v) is 19.2. The first-order chi connectivity index (χ1) is 15.8. The molecule has 2 heterocycles. The van der Waals surface area contributed by atoms with Gasteiger partial charge in [0.2, 0.25) is 0 Å². The molecule has 0 unspecified atom stereocenters. The smallest absolute Gasteiger partial charge is 0.410 e. The van der Waals surface area contributed by atoms with Crippen LogP contribution in [0.5, 0.6) is 5.75 Å². The lowest BCUT2D eigenvalue weighted by Crippen LogP contribution is -2.41. The van der Waals surface area contributed by atoms with Crippen molar-refractivity contribution in [3.63, 3.8) is 0 Å². The van der Waals surface area contributed by atoms with E-state index >= 15 is 0 Å². The Labute approximate surface area is 198 Å². The van der Waals surface area contributed by atoms with E-state index in [4.69, 9.17) is 26.2 Å². The summed E-state index contributed by atoms with van der Waals surface area (Å²) in [5, 5.41) is 12.1. The number of ether oxygens (including phenoxy) is 2. The molecule has 1 aromatic heterocycles. The van der Waals surface area contributed by atoms with Gasteiger partial charge in [0.25, 0.3) is 0 Å². The first-order valence-electron chi connectivity index (χ1n) is 10.1. The van der Waals surface area contributed by atoms with Gasteiger partial charge in [-0.05, 0) is 54.8 Å². The number of thiazole rings is 1. The summed E-state index contributed by atoms with van der Waals surface area (Å²) in [7, 11) is 0. The molecule has 2 aromatic carbocycles. The molecule has 0 radical (unpaired) electrons. The van der Waals surface area contributed by atoms with Crippen LogP contribution in [-0.2, 0) is 22.6 Å². The number of aromatic nitrogens is 1. The standard InChI is InChI=1S/C23H20ClFN2O5S/c1-13-26-17(12-33-13)10-32-23(30)27-7-6-14-8-16(25)3-4-18(14)22(27)19-9-15(24)2-5-20(19)31-11-21(28)29/h2-5,8-9,12,22H,6-7,10-11H2,1H3,(H,28,29)/t22-/m0/s1. The Morgan fingerprint density at radius 1 is 1.27 bits per heavy atom. The Balaban J connectivity index is 1.71. The van der Waals surface area contributed by atoms with E-state index in [0.29, 0.717) is 28.3 Å². The summed E-state index contributed by atoms with van der Waals surface area (Å²) in [5.74, 6) is -1.26. The van der Waals surface area contributed by atoms with Gasteiger partial charge in [-0.25, -0.2) is 19.0 Å². The Morgan fingerprint density at radius 3 is 2.82 bits per heavy atom. The van der Waals surface area contributed by atoms with Gasteiger partial charge in [-0.2, -0.15) is 0 Å². The Hall–Kier alpha value is -3.17. The first kappa shape index (κ1) is 23.0. The lowest BCUT2D eigenvalue weighted by atomic mass is 9.88. The van der Waals surface area contributed by atoms with E-state index in [9.17, 15) is 14.0 Å². The van der Waals surface area contributed by atoms with Crippen molar-refractivity contribution in [3.05, 3.63) is 80.0 Å². The van der Waals surface area contributed by atoms with Gasteiger partial charge in [-0.3, -0.25) is 4.90 Å². The number of fused-ring (bicyclic) bond motifs is 1. The van der Waals surface area contributed by atoms with Gasteiger partial charge in [0, 0.05) is 22.5 Å². The molecule has 1 atom stereocenters. The highest BCUT2D eigenvalue weighted by Gasteiger charge is 2.35. The maximum atomic E-state index is 13.9. The van der Waals surface area contributed by atoms with Crippen LogP contribution >= 0.6 is 22.9 Å². The normalized spacial score (nSPS) is 15.1. The SMILES string of the molecule is Cc1nc(COC(=O)N2CCc3cc(F)ccc3[C@H]2c2cc(Cl)ccc2OCC(=O)O)cs1. The number of hydrogen-bond donors (Lipinski definition) is 1. The van der Waals surface area contributed by atoms with Gasteiger partial charge in [0.1, 0.15) is 18.2 Å². The average Bonchev–Trinajstić information content (AvgIpc) is 3.20. The van der Waals surface area contributed by atoms with Crippen molar-refractivity contribution in [2.45, 2.75) is 26.0 Å². The molecular weight excluding hydrogens is 471 g/mol. The topological polar surface area (TPSA) is 89.0 Å². The van der Waals surface area contributed by atoms with Gasteiger partial charge in [0.15, 0.2) is 6.61 Å². The molecule has 0 bridgehead atoms. The second kappa shape index (κ2) is 9.76. The van der Waals surface area contributed by atoms with Crippen molar-refractivity contribution >= 4 is 35.0 Å². The van der Waals surface area contributed by atoms with Crippen LogP contribution in [-0.4, -0.2) is 40.2 Å². The number of carboxylic acid groups (broad SMARTS) is 1. The molecule has 10 heteroatoms. The molecule has 1 aliphatic rings. The van der Waals surface area contributed by atoms with Gasteiger partial charge in [-0.15, -0.1) is 11.3 Å². The van der Waals surface area contributed by atoms with Crippen LogP contribution in [0.3, 0.4) is 0 Å². The largest absolute Gasteiger partial charge is 0.482 e. The fourth-order valence-electron chi connectivity index (χ4n) is 3.82. The molecule has 1 N–H and O–H groups in total. The van der Waals surface area contributed by atoms with Crippen LogP contribution in [0.15, 0.2) is 41.8 Å². The summed E-state index contributed by atoms with van der Waals surface area (Å²) in [6.07, 6.45) is -0.148. The minimum Gasteiger partial charge on any atom is -0.482 e. The fraction of sp³-hybridized carbons (Fsp3) is 0.261. The third-order valence-corrected chi connectivity index (χ3v) is 6.25. The molecule has 33 heavy (non-hydrogen) atoms. The molecule has 0 saturated carbocycles. The van der Waals surface area contributed by atoms with Gasteiger partial charge in [-0.1, -0.05) is 17.7 Å². The number of nitrogens with zero attached hydrogens (tertiary/aromatic N) is 2. The van der Waals surface area contributed by atoms with E-state index in [1.54, 1.807) is 24.3 Å². The number of amides is 1. The van der Waals surface area contributed by atoms with Crippen LogP contribution in [0.1, 0.15) is 33.4 Å². The number of benzene rings is 2. The highest BCUT2D eigenvalue weighted by Crippen LogP contribution is 2.41. The van der Waals surface area contributed by atoms with E-state index < -0.39 is 24.7 Å². The molecule has 0 aliphatic carbocycles. The number of aryl methyl sites for hydroxylation is 1. The van der Waals surface area contributed by atoms with Crippen LogP contribution in [0.4, 0.5) is 9.18 Å². The van der Waals surface area contributed by atoms with E-state index in [2.05, 4.69) is 4.98 Å². The summed E-state index contributed by atoms with van der Waals surface area (Å²) >= 11 is 7.71. The highest BCUT2D eigenvalue weighted by atomic mass is 35.5. The summed E-state index contributed by atoms with van der Waals surface area (Å²) in [5.41, 5.74) is 2.56. The second-order valence-corrected chi connectivity index (χ2v) is 8.96. The highest BCUT2D eigenvalue weighted by molar-refractivity contribution is 7.09. The number of carbonyl (C=O) groups excluding carboxylic acids is 1. The summed E-state index contributed by atoms with van der Waals surface area (Å²) in [6.45, 7) is 1.58.